The molecule has 1 aliphatic heterocycles. The van der Waals surface area contributed by atoms with E-state index in [1.54, 1.807) is 24.3 Å². The van der Waals surface area contributed by atoms with Crippen molar-refractivity contribution in [3.05, 3.63) is 35.9 Å². The summed E-state index contributed by atoms with van der Waals surface area (Å²) in [6.07, 6.45) is 1.14. The van der Waals surface area contributed by atoms with Gasteiger partial charge in [-0.15, -0.1) is 0 Å². The number of hydrogen-bond acceptors (Lipinski definition) is 4. The SMILES string of the molecule is O=C(O)CNC(=O)C1CCCN(S(=O)(=O)Cc2ccccc2)C1. The Morgan fingerprint density at radius 3 is 2.61 bits per heavy atom. The van der Waals surface area contributed by atoms with Crippen LogP contribution in [0.15, 0.2) is 30.3 Å². The lowest BCUT2D eigenvalue weighted by Crippen LogP contribution is -2.46. The first-order valence-electron chi connectivity index (χ1n) is 7.40. The van der Waals surface area contributed by atoms with Crippen molar-refractivity contribution in [2.75, 3.05) is 19.6 Å². The van der Waals surface area contributed by atoms with Crippen molar-refractivity contribution in [3.63, 3.8) is 0 Å². The van der Waals surface area contributed by atoms with Gasteiger partial charge in [-0.25, -0.2) is 12.7 Å². The van der Waals surface area contributed by atoms with Crippen LogP contribution in [0, 0.1) is 5.92 Å². The van der Waals surface area contributed by atoms with Gasteiger partial charge in [0.15, 0.2) is 0 Å². The lowest BCUT2D eigenvalue weighted by molar-refractivity contribution is -0.138. The summed E-state index contributed by atoms with van der Waals surface area (Å²) < 4.78 is 26.3. The molecule has 0 aromatic heterocycles. The second kappa shape index (κ2) is 7.56. The Balaban J connectivity index is 1.99. The first kappa shape index (κ1) is 17.4. The maximum atomic E-state index is 12.5. The highest BCUT2D eigenvalue weighted by Crippen LogP contribution is 2.21. The van der Waals surface area contributed by atoms with Gasteiger partial charge in [-0.05, 0) is 18.4 Å². The van der Waals surface area contributed by atoms with E-state index in [2.05, 4.69) is 5.32 Å². The van der Waals surface area contributed by atoms with Gasteiger partial charge in [-0.1, -0.05) is 30.3 Å². The van der Waals surface area contributed by atoms with Crippen LogP contribution in [0.1, 0.15) is 18.4 Å². The number of hydrogen-bond donors (Lipinski definition) is 2. The van der Waals surface area contributed by atoms with Crippen LogP contribution in [0.5, 0.6) is 0 Å². The van der Waals surface area contributed by atoms with E-state index in [0.29, 0.717) is 24.9 Å². The van der Waals surface area contributed by atoms with Gasteiger partial charge in [0.2, 0.25) is 15.9 Å². The fourth-order valence-electron chi connectivity index (χ4n) is 2.59. The number of nitrogens with zero attached hydrogens (tertiary/aromatic N) is 1. The number of sulfonamides is 1. The molecule has 2 N–H and O–H groups in total. The summed E-state index contributed by atoms with van der Waals surface area (Å²) >= 11 is 0. The zero-order valence-electron chi connectivity index (χ0n) is 12.6. The molecule has 1 aromatic rings. The Bertz CT molecular complexity index is 660. The monoisotopic (exact) mass is 340 g/mol. The number of aliphatic carboxylic acids is 1. The lowest BCUT2D eigenvalue weighted by Gasteiger charge is -2.31. The molecule has 1 fully saturated rings. The molecule has 8 heteroatoms. The third kappa shape index (κ3) is 5.04. The number of carboxylic acids is 1. The molecule has 0 spiro atoms. The zero-order chi connectivity index (χ0) is 16.9. The fraction of sp³-hybridized carbons (Fsp3) is 0.467. The van der Waals surface area contributed by atoms with Gasteiger partial charge in [0.05, 0.1) is 11.7 Å². The highest BCUT2D eigenvalue weighted by atomic mass is 32.2. The predicted octanol–water partition coefficient (Wildman–Crippen LogP) is 0.429. The minimum Gasteiger partial charge on any atom is -0.480 e. The maximum absolute atomic E-state index is 12.5. The maximum Gasteiger partial charge on any atom is 0.322 e. The van der Waals surface area contributed by atoms with Crippen molar-refractivity contribution in [1.29, 1.82) is 0 Å². The first-order chi connectivity index (χ1) is 10.9. The molecule has 1 aliphatic rings. The molecule has 0 radical (unpaired) electrons. The molecular formula is C15H20N2O5S. The molecule has 0 saturated carbocycles. The third-order valence-electron chi connectivity index (χ3n) is 3.75. The van der Waals surface area contributed by atoms with Crippen molar-refractivity contribution in [3.8, 4) is 0 Å². The summed E-state index contributed by atoms with van der Waals surface area (Å²) in [6, 6.07) is 8.88. The van der Waals surface area contributed by atoms with E-state index in [4.69, 9.17) is 5.11 Å². The van der Waals surface area contributed by atoms with Crippen LogP contribution in [0.2, 0.25) is 0 Å². The standard InChI is InChI=1S/C15H20N2O5S/c18-14(19)9-16-15(20)13-7-4-8-17(10-13)23(21,22)11-12-5-2-1-3-6-12/h1-3,5-6,13H,4,7-11H2,(H,16,20)(H,18,19). The number of carbonyl (C=O) groups is 2. The summed E-state index contributed by atoms with van der Waals surface area (Å²) in [5.74, 6) is -2.14. The molecule has 23 heavy (non-hydrogen) atoms. The summed E-state index contributed by atoms with van der Waals surface area (Å²) in [5, 5.41) is 10.9. The Morgan fingerprint density at radius 1 is 1.26 bits per heavy atom. The molecule has 1 unspecified atom stereocenters. The number of piperidine rings is 1. The summed E-state index contributed by atoms with van der Waals surface area (Å²) in [7, 11) is -3.50. The molecule has 1 aromatic carbocycles. The van der Waals surface area contributed by atoms with Gasteiger partial charge in [0.1, 0.15) is 6.54 Å². The first-order valence-corrected chi connectivity index (χ1v) is 9.00. The molecule has 7 nitrogen and oxygen atoms in total. The van der Waals surface area contributed by atoms with Crippen LogP contribution < -0.4 is 5.32 Å². The predicted molar refractivity (Wildman–Crippen MR) is 84.0 cm³/mol. The third-order valence-corrected chi connectivity index (χ3v) is 5.57. The number of nitrogens with one attached hydrogen (secondary N) is 1. The topological polar surface area (TPSA) is 104 Å². The van der Waals surface area contributed by atoms with E-state index in [-0.39, 0.29) is 12.3 Å². The van der Waals surface area contributed by atoms with Gasteiger partial charge in [0.25, 0.3) is 0 Å². The summed E-state index contributed by atoms with van der Waals surface area (Å²) in [4.78, 5) is 22.4. The minimum absolute atomic E-state index is 0.0978. The Labute approximate surface area is 135 Å². The van der Waals surface area contributed by atoms with E-state index in [1.165, 1.54) is 4.31 Å². The van der Waals surface area contributed by atoms with E-state index in [9.17, 15) is 18.0 Å². The second-order valence-electron chi connectivity index (χ2n) is 5.55. The van der Waals surface area contributed by atoms with Gasteiger partial charge in [-0.2, -0.15) is 0 Å². The molecule has 126 valence electrons. The smallest absolute Gasteiger partial charge is 0.322 e. The molecule has 0 aliphatic carbocycles. The number of rotatable bonds is 6. The molecular weight excluding hydrogens is 320 g/mol. The molecule has 1 heterocycles. The largest absolute Gasteiger partial charge is 0.480 e. The quantitative estimate of drug-likeness (QED) is 0.781. The Hall–Kier alpha value is -1.93. The lowest BCUT2D eigenvalue weighted by atomic mass is 9.99. The Morgan fingerprint density at radius 2 is 1.96 bits per heavy atom. The number of carboxylic acid groups (broad SMARTS) is 1. The summed E-state index contributed by atoms with van der Waals surface area (Å²) in [5.41, 5.74) is 0.699. The van der Waals surface area contributed by atoms with Gasteiger partial charge in [-0.3, -0.25) is 9.59 Å². The van der Waals surface area contributed by atoms with Crippen LogP contribution in [0.4, 0.5) is 0 Å². The number of amides is 1. The molecule has 1 amide bonds. The van der Waals surface area contributed by atoms with Crippen molar-refractivity contribution in [2.24, 2.45) is 5.92 Å². The highest BCUT2D eigenvalue weighted by molar-refractivity contribution is 7.88. The van der Waals surface area contributed by atoms with Crippen molar-refractivity contribution < 1.29 is 23.1 Å². The van der Waals surface area contributed by atoms with Gasteiger partial charge < -0.3 is 10.4 Å². The average molecular weight is 340 g/mol. The van der Waals surface area contributed by atoms with Gasteiger partial charge in [0, 0.05) is 13.1 Å². The average Bonchev–Trinajstić information content (AvgIpc) is 2.53. The van der Waals surface area contributed by atoms with Crippen molar-refractivity contribution in [1.82, 2.24) is 9.62 Å². The second-order valence-corrected chi connectivity index (χ2v) is 7.52. The van der Waals surface area contributed by atoms with Crippen molar-refractivity contribution >= 4 is 21.9 Å². The normalized spacial score (nSPS) is 19.2. The van der Waals surface area contributed by atoms with E-state index in [0.717, 1.165) is 0 Å². The van der Waals surface area contributed by atoms with Crippen LogP contribution in [-0.4, -0.2) is 49.3 Å². The fourth-order valence-corrected chi connectivity index (χ4v) is 4.20. The van der Waals surface area contributed by atoms with E-state index in [1.807, 2.05) is 6.07 Å². The van der Waals surface area contributed by atoms with Crippen LogP contribution in [0.25, 0.3) is 0 Å². The van der Waals surface area contributed by atoms with Gasteiger partial charge >= 0.3 is 5.97 Å². The molecule has 1 saturated heterocycles. The highest BCUT2D eigenvalue weighted by Gasteiger charge is 2.32. The number of carbonyl (C=O) groups excluding carboxylic acids is 1. The molecule has 0 bridgehead atoms. The van der Waals surface area contributed by atoms with E-state index < -0.39 is 34.4 Å². The minimum atomic E-state index is -3.50. The van der Waals surface area contributed by atoms with Crippen molar-refractivity contribution in [2.45, 2.75) is 18.6 Å². The number of benzene rings is 1. The van der Waals surface area contributed by atoms with E-state index >= 15 is 0 Å². The van der Waals surface area contributed by atoms with Crippen LogP contribution in [0.3, 0.4) is 0 Å². The Kier molecular flexibility index (Phi) is 5.73. The zero-order valence-corrected chi connectivity index (χ0v) is 13.5. The summed E-state index contributed by atoms with van der Waals surface area (Å²) in [6.45, 7) is 0.0323. The van der Waals surface area contributed by atoms with Crippen LogP contribution >= 0.6 is 0 Å². The molecule has 2 rings (SSSR count). The van der Waals surface area contributed by atoms with Crippen LogP contribution in [-0.2, 0) is 25.4 Å². The molecule has 1 atom stereocenters.